The van der Waals surface area contributed by atoms with Gasteiger partial charge in [0, 0.05) is 31.8 Å². The lowest BCUT2D eigenvalue weighted by Crippen LogP contribution is -2.39. The average molecular weight is 464 g/mol. The van der Waals surface area contributed by atoms with E-state index < -0.39 is 4.92 Å². The molecule has 25 heavy (non-hydrogen) atoms. The molecule has 142 valence electrons. The summed E-state index contributed by atoms with van der Waals surface area (Å²) in [6.07, 6.45) is 1.06. The average Bonchev–Trinajstić information content (AvgIpc) is 2.55. The van der Waals surface area contributed by atoms with E-state index in [1.54, 1.807) is 12.1 Å². The van der Waals surface area contributed by atoms with Gasteiger partial charge in [-0.15, -0.1) is 24.0 Å². The zero-order valence-electron chi connectivity index (χ0n) is 15.2. The molecule has 0 radical (unpaired) electrons. The number of hydrogen-bond donors (Lipinski definition) is 2. The van der Waals surface area contributed by atoms with Gasteiger partial charge in [-0.25, -0.2) is 4.99 Å². The Bertz CT molecular complexity index is 538. The minimum Gasteiger partial charge on any atom is -0.380 e. The van der Waals surface area contributed by atoms with Gasteiger partial charge in [0.1, 0.15) is 0 Å². The number of nitro benzene ring substituents is 1. The highest BCUT2D eigenvalue weighted by molar-refractivity contribution is 14.0. The third-order valence-corrected chi connectivity index (χ3v) is 3.26. The first-order valence-corrected chi connectivity index (χ1v) is 8.36. The molecule has 0 bridgehead atoms. The fourth-order valence-corrected chi connectivity index (χ4v) is 1.94. The van der Waals surface area contributed by atoms with Crippen LogP contribution in [0.5, 0.6) is 0 Å². The zero-order valence-corrected chi connectivity index (χ0v) is 17.5. The molecular formula is C17H29IN4O3. The van der Waals surface area contributed by atoms with Gasteiger partial charge >= 0.3 is 0 Å². The van der Waals surface area contributed by atoms with Gasteiger partial charge < -0.3 is 15.4 Å². The molecule has 7 nitrogen and oxygen atoms in total. The second-order valence-electron chi connectivity index (χ2n) is 5.84. The number of ether oxygens (including phenoxy) is 1. The van der Waals surface area contributed by atoms with Crippen molar-refractivity contribution in [2.75, 3.05) is 26.3 Å². The Hall–Kier alpha value is -1.42. The fourth-order valence-electron chi connectivity index (χ4n) is 1.94. The first-order valence-electron chi connectivity index (χ1n) is 8.36. The standard InChI is InChI=1S/C17H28N4O3.HI/c1-4-18-17(19-9-11-24-10-8-14(2)3)20-13-15-6-5-7-16(12-15)21(22)23;/h5-7,12,14H,4,8-11,13H2,1-3H3,(H2,18,19,20);1H. The number of nitrogens with zero attached hydrogens (tertiary/aromatic N) is 2. The Labute approximate surface area is 166 Å². The van der Waals surface area contributed by atoms with Crippen molar-refractivity contribution in [1.29, 1.82) is 0 Å². The van der Waals surface area contributed by atoms with Crippen LogP contribution in [0.2, 0.25) is 0 Å². The van der Waals surface area contributed by atoms with Gasteiger partial charge in [-0.2, -0.15) is 0 Å². The monoisotopic (exact) mass is 464 g/mol. The number of halogens is 1. The van der Waals surface area contributed by atoms with Crippen molar-refractivity contribution in [1.82, 2.24) is 10.6 Å². The lowest BCUT2D eigenvalue weighted by molar-refractivity contribution is -0.384. The molecule has 1 rings (SSSR count). The smallest absolute Gasteiger partial charge is 0.269 e. The molecule has 0 aliphatic heterocycles. The predicted octanol–water partition coefficient (Wildman–Crippen LogP) is 3.33. The molecule has 0 aliphatic carbocycles. The second kappa shape index (κ2) is 13.8. The van der Waals surface area contributed by atoms with Gasteiger partial charge in [0.25, 0.3) is 5.69 Å². The van der Waals surface area contributed by atoms with E-state index in [1.165, 1.54) is 6.07 Å². The molecule has 0 aromatic heterocycles. The molecule has 8 heteroatoms. The van der Waals surface area contributed by atoms with Crippen molar-refractivity contribution in [3.8, 4) is 0 Å². The number of aliphatic imine (C=N–C) groups is 1. The number of rotatable bonds is 10. The molecule has 0 fully saturated rings. The van der Waals surface area contributed by atoms with Crippen molar-refractivity contribution in [2.45, 2.75) is 33.7 Å². The molecule has 0 saturated heterocycles. The van der Waals surface area contributed by atoms with E-state index in [-0.39, 0.29) is 29.7 Å². The molecular weight excluding hydrogens is 435 g/mol. The summed E-state index contributed by atoms with van der Waals surface area (Å²) in [5.74, 6) is 1.32. The van der Waals surface area contributed by atoms with Crippen LogP contribution in [-0.4, -0.2) is 37.2 Å². The Balaban J connectivity index is 0.00000576. The number of guanidine groups is 1. The van der Waals surface area contributed by atoms with Crippen LogP contribution in [0.15, 0.2) is 29.3 Å². The Morgan fingerprint density at radius 2 is 2.08 bits per heavy atom. The number of nitro groups is 1. The highest BCUT2D eigenvalue weighted by Gasteiger charge is 2.05. The van der Waals surface area contributed by atoms with Gasteiger partial charge in [-0.05, 0) is 24.8 Å². The van der Waals surface area contributed by atoms with Gasteiger partial charge in [0.2, 0.25) is 0 Å². The first kappa shape index (κ1) is 23.6. The molecule has 0 spiro atoms. The first-order chi connectivity index (χ1) is 11.5. The van der Waals surface area contributed by atoms with Gasteiger partial charge in [-0.3, -0.25) is 10.1 Å². The Morgan fingerprint density at radius 1 is 1.32 bits per heavy atom. The van der Waals surface area contributed by atoms with Crippen LogP contribution < -0.4 is 10.6 Å². The van der Waals surface area contributed by atoms with E-state index in [0.717, 1.165) is 25.1 Å². The van der Waals surface area contributed by atoms with E-state index >= 15 is 0 Å². The minimum absolute atomic E-state index is 0. The van der Waals surface area contributed by atoms with Crippen LogP contribution in [0.25, 0.3) is 0 Å². The summed E-state index contributed by atoms with van der Waals surface area (Å²) in [4.78, 5) is 14.8. The molecule has 0 aliphatic rings. The third kappa shape index (κ3) is 10.9. The Morgan fingerprint density at radius 3 is 2.72 bits per heavy atom. The van der Waals surface area contributed by atoms with Crippen LogP contribution in [0, 0.1) is 16.0 Å². The summed E-state index contributed by atoms with van der Waals surface area (Å²) in [5.41, 5.74) is 0.883. The van der Waals surface area contributed by atoms with Crippen molar-refractivity contribution < 1.29 is 9.66 Å². The lowest BCUT2D eigenvalue weighted by atomic mass is 10.1. The van der Waals surface area contributed by atoms with Gasteiger partial charge in [0.15, 0.2) is 5.96 Å². The van der Waals surface area contributed by atoms with E-state index in [2.05, 4.69) is 29.5 Å². The van der Waals surface area contributed by atoms with Crippen LogP contribution in [0.4, 0.5) is 5.69 Å². The number of non-ortho nitro benzene ring substituents is 1. The zero-order chi connectivity index (χ0) is 17.8. The quantitative estimate of drug-likeness (QED) is 0.139. The summed E-state index contributed by atoms with van der Waals surface area (Å²) in [6.45, 7) is 9.51. The molecule has 1 aromatic rings. The van der Waals surface area contributed by atoms with E-state index in [1.807, 2.05) is 13.0 Å². The largest absolute Gasteiger partial charge is 0.380 e. The number of benzene rings is 1. The van der Waals surface area contributed by atoms with Crippen LogP contribution in [0.1, 0.15) is 32.8 Å². The maximum absolute atomic E-state index is 10.8. The van der Waals surface area contributed by atoms with E-state index in [9.17, 15) is 10.1 Å². The van der Waals surface area contributed by atoms with Crippen LogP contribution in [0.3, 0.4) is 0 Å². The molecule has 0 amide bonds. The Kier molecular flexibility index (Phi) is 13.0. The molecule has 0 unspecified atom stereocenters. The van der Waals surface area contributed by atoms with Crippen molar-refractivity contribution in [2.24, 2.45) is 10.9 Å². The van der Waals surface area contributed by atoms with Crippen LogP contribution in [-0.2, 0) is 11.3 Å². The highest BCUT2D eigenvalue weighted by atomic mass is 127. The maximum Gasteiger partial charge on any atom is 0.269 e. The number of hydrogen-bond acceptors (Lipinski definition) is 4. The summed E-state index contributed by atoms with van der Waals surface area (Å²) < 4.78 is 5.56. The van der Waals surface area contributed by atoms with E-state index in [0.29, 0.717) is 31.6 Å². The summed E-state index contributed by atoms with van der Waals surface area (Å²) >= 11 is 0. The topological polar surface area (TPSA) is 88.8 Å². The SMILES string of the molecule is CCNC(=NCc1cccc([N+](=O)[O-])c1)NCCOCCC(C)C.I. The minimum atomic E-state index is -0.398. The predicted molar refractivity (Wildman–Crippen MR) is 112 cm³/mol. The summed E-state index contributed by atoms with van der Waals surface area (Å²) in [7, 11) is 0. The normalized spacial score (nSPS) is 11.1. The van der Waals surface area contributed by atoms with Crippen molar-refractivity contribution >= 4 is 35.6 Å². The molecule has 1 aromatic carbocycles. The molecule has 0 atom stereocenters. The molecule has 2 N–H and O–H groups in total. The molecule has 0 saturated carbocycles. The summed E-state index contributed by atoms with van der Waals surface area (Å²) in [5, 5.41) is 17.1. The third-order valence-electron chi connectivity index (χ3n) is 3.26. The van der Waals surface area contributed by atoms with E-state index in [4.69, 9.17) is 4.74 Å². The lowest BCUT2D eigenvalue weighted by Gasteiger charge is -2.12. The maximum atomic E-state index is 10.8. The highest BCUT2D eigenvalue weighted by Crippen LogP contribution is 2.13. The molecule has 0 heterocycles. The number of nitrogens with one attached hydrogen (secondary N) is 2. The van der Waals surface area contributed by atoms with Crippen molar-refractivity contribution in [3.63, 3.8) is 0 Å². The van der Waals surface area contributed by atoms with Gasteiger partial charge in [-0.1, -0.05) is 26.0 Å². The van der Waals surface area contributed by atoms with Crippen LogP contribution >= 0.6 is 24.0 Å². The van der Waals surface area contributed by atoms with Crippen molar-refractivity contribution in [3.05, 3.63) is 39.9 Å². The fraction of sp³-hybridized carbons (Fsp3) is 0.588. The van der Waals surface area contributed by atoms with Gasteiger partial charge in [0.05, 0.1) is 18.1 Å². The summed E-state index contributed by atoms with van der Waals surface area (Å²) in [6, 6.07) is 6.52. The second-order valence-corrected chi connectivity index (χ2v) is 5.84.